The van der Waals surface area contributed by atoms with Gasteiger partial charge in [-0.25, -0.2) is 0 Å². The summed E-state index contributed by atoms with van der Waals surface area (Å²) in [6.45, 7) is 5.92. The van der Waals surface area contributed by atoms with Gasteiger partial charge in [0, 0.05) is 12.5 Å². The summed E-state index contributed by atoms with van der Waals surface area (Å²) in [7, 11) is 0. The number of rotatable bonds is 6. The quantitative estimate of drug-likeness (QED) is 0.779. The second kappa shape index (κ2) is 6.92. The maximum atomic E-state index is 12.1. The van der Waals surface area contributed by atoms with Crippen molar-refractivity contribution in [3.8, 4) is 0 Å². The Morgan fingerprint density at radius 3 is 2.11 bits per heavy atom. The van der Waals surface area contributed by atoms with Gasteiger partial charge in [0.15, 0.2) is 0 Å². The van der Waals surface area contributed by atoms with Gasteiger partial charge in [0.1, 0.15) is 0 Å². The molecule has 0 heterocycles. The highest BCUT2D eigenvalue weighted by Gasteiger charge is 2.37. The third-order valence-electron chi connectivity index (χ3n) is 4.69. The molecule has 0 saturated heterocycles. The van der Waals surface area contributed by atoms with E-state index in [0.29, 0.717) is 12.8 Å². The fraction of sp³-hybridized carbons (Fsp3) is 0.867. The Hall–Kier alpha value is -1.06. The van der Waals surface area contributed by atoms with E-state index in [0.717, 1.165) is 31.6 Å². The Morgan fingerprint density at radius 1 is 1.16 bits per heavy atom. The van der Waals surface area contributed by atoms with Crippen molar-refractivity contribution >= 4 is 11.9 Å². The first-order chi connectivity index (χ1) is 8.93. The van der Waals surface area contributed by atoms with Gasteiger partial charge in [0.05, 0.1) is 5.41 Å². The van der Waals surface area contributed by atoms with E-state index < -0.39 is 11.4 Å². The van der Waals surface area contributed by atoms with E-state index in [1.807, 2.05) is 13.8 Å². The summed E-state index contributed by atoms with van der Waals surface area (Å²) in [5, 5.41) is 12.3. The molecule has 0 aromatic carbocycles. The molecule has 4 nitrogen and oxygen atoms in total. The highest BCUT2D eigenvalue weighted by atomic mass is 16.4. The van der Waals surface area contributed by atoms with E-state index in [9.17, 15) is 14.7 Å². The molecular weight excluding hydrogens is 242 g/mol. The van der Waals surface area contributed by atoms with Gasteiger partial charge in [-0.15, -0.1) is 0 Å². The fourth-order valence-corrected chi connectivity index (χ4v) is 2.87. The predicted molar refractivity (Wildman–Crippen MR) is 74.8 cm³/mol. The van der Waals surface area contributed by atoms with Crippen molar-refractivity contribution in [2.45, 2.75) is 71.8 Å². The molecule has 0 radical (unpaired) electrons. The molecule has 2 N–H and O–H groups in total. The number of hydrogen-bond acceptors (Lipinski definition) is 2. The minimum atomic E-state index is -0.897. The molecule has 1 amide bonds. The molecule has 0 unspecified atom stereocenters. The number of carboxylic acids is 1. The lowest BCUT2D eigenvalue weighted by Gasteiger charge is -2.30. The van der Waals surface area contributed by atoms with E-state index >= 15 is 0 Å². The van der Waals surface area contributed by atoms with Crippen LogP contribution in [0.1, 0.15) is 65.7 Å². The summed E-state index contributed by atoms with van der Waals surface area (Å²) in [6.07, 6.45) is 5.42. The lowest BCUT2D eigenvalue weighted by molar-refractivity contribution is -0.152. The molecule has 1 aliphatic rings. The van der Waals surface area contributed by atoms with E-state index in [4.69, 9.17) is 0 Å². The first-order valence-electron chi connectivity index (χ1n) is 7.46. The van der Waals surface area contributed by atoms with Gasteiger partial charge in [0.2, 0.25) is 5.91 Å². The Bertz CT molecular complexity index is 315. The number of aliphatic carboxylic acids is 1. The number of nitrogens with one attached hydrogen (secondary N) is 1. The van der Waals surface area contributed by atoms with Gasteiger partial charge < -0.3 is 10.4 Å². The summed E-state index contributed by atoms with van der Waals surface area (Å²) in [5.74, 6) is -0.215. The average molecular weight is 269 g/mol. The third-order valence-corrected chi connectivity index (χ3v) is 4.69. The number of carbonyl (C=O) groups is 2. The van der Waals surface area contributed by atoms with Gasteiger partial charge in [-0.2, -0.15) is 0 Å². The maximum Gasteiger partial charge on any atom is 0.310 e. The lowest BCUT2D eigenvalue weighted by Crippen LogP contribution is -2.42. The van der Waals surface area contributed by atoms with Gasteiger partial charge in [0.25, 0.3) is 0 Å². The van der Waals surface area contributed by atoms with Crippen LogP contribution >= 0.6 is 0 Å². The Kier molecular flexibility index (Phi) is 5.83. The minimum Gasteiger partial charge on any atom is -0.481 e. The third kappa shape index (κ3) is 4.22. The molecule has 19 heavy (non-hydrogen) atoms. The van der Waals surface area contributed by atoms with E-state index in [1.54, 1.807) is 0 Å². The largest absolute Gasteiger partial charge is 0.481 e. The molecule has 0 bridgehead atoms. The fourth-order valence-electron chi connectivity index (χ4n) is 2.87. The van der Waals surface area contributed by atoms with Crippen LogP contribution in [-0.4, -0.2) is 23.0 Å². The molecule has 0 spiro atoms. The van der Waals surface area contributed by atoms with Crippen molar-refractivity contribution in [1.29, 1.82) is 0 Å². The molecule has 0 aromatic rings. The lowest BCUT2D eigenvalue weighted by atomic mass is 9.79. The summed E-state index contributed by atoms with van der Waals surface area (Å²) in [6, 6.07) is 0.240. The van der Waals surface area contributed by atoms with Crippen LogP contribution in [0.2, 0.25) is 0 Å². The van der Waals surface area contributed by atoms with Crippen molar-refractivity contribution < 1.29 is 14.7 Å². The van der Waals surface area contributed by atoms with E-state index in [2.05, 4.69) is 12.2 Å². The van der Waals surface area contributed by atoms with E-state index in [1.165, 1.54) is 0 Å². The zero-order valence-corrected chi connectivity index (χ0v) is 12.4. The van der Waals surface area contributed by atoms with Crippen molar-refractivity contribution in [3.63, 3.8) is 0 Å². The highest BCUT2D eigenvalue weighted by molar-refractivity contribution is 5.85. The van der Waals surface area contributed by atoms with Crippen molar-refractivity contribution in [1.82, 2.24) is 5.32 Å². The van der Waals surface area contributed by atoms with Crippen LogP contribution in [0.15, 0.2) is 0 Å². The van der Waals surface area contributed by atoms with Crippen LogP contribution in [0.5, 0.6) is 0 Å². The van der Waals surface area contributed by atoms with E-state index in [-0.39, 0.29) is 18.4 Å². The monoisotopic (exact) mass is 269 g/mol. The zero-order chi connectivity index (χ0) is 14.5. The first-order valence-corrected chi connectivity index (χ1v) is 7.46. The summed E-state index contributed by atoms with van der Waals surface area (Å²) in [4.78, 5) is 23.4. The van der Waals surface area contributed by atoms with Crippen LogP contribution in [0.25, 0.3) is 0 Å². The maximum absolute atomic E-state index is 12.1. The Balaban J connectivity index is 2.51. The molecular formula is C15H27NO3. The summed E-state index contributed by atoms with van der Waals surface area (Å²) in [5.41, 5.74) is -0.897. The molecule has 1 saturated carbocycles. The SMILES string of the molecule is CCC(CC)(CC(=O)NC1CCC(C)CC1)C(=O)O. The molecule has 0 atom stereocenters. The van der Waals surface area contributed by atoms with Crippen molar-refractivity contribution in [3.05, 3.63) is 0 Å². The molecule has 110 valence electrons. The Labute approximate surface area is 116 Å². The van der Waals surface area contributed by atoms with Crippen LogP contribution in [0.3, 0.4) is 0 Å². The van der Waals surface area contributed by atoms with Gasteiger partial charge in [-0.3, -0.25) is 9.59 Å². The average Bonchev–Trinajstić information content (AvgIpc) is 2.38. The van der Waals surface area contributed by atoms with Crippen LogP contribution in [0, 0.1) is 11.3 Å². The zero-order valence-electron chi connectivity index (χ0n) is 12.4. The predicted octanol–water partition coefficient (Wildman–Crippen LogP) is 2.96. The van der Waals surface area contributed by atoms with Crippen molar-refractivity contribution in [2.24, 2.45) is 11.3 Å². The minimum absolute atomic E-state index is 0.0986. The summed E-state index contributed by atoms with van der Waals surface area (Å²) >= 11 is 0. The highest BCUT2D eigenvalue weighted by Crippen LogP contribution is 2.31. The second-order valence-corrected chi connectivity index (χ2v) is 5.99. The van der Waals surface area contributed by atoms with Crippen LogP contribution in [0.4, 0.5) is 0 Å². The second-order valence-electron chi connectivity index (χ2n) is 5.99. The molecule has 1 fully saturated rings. The van der Waals surface area contributed by atoms with Crippen LogP contribution < -0.4 is 5.32 Å². The van der Waals surface area contributed by atoms with Gasteiger partial charge in [-0.05, 0) is 44.4 Å². The summed E-state index contributed by atoms with van der Waals surface area (Å²) < 4.78 is 0. The number of hydrogen-bond donors (Lipinski definition) is 2. The van der Waals surface area contributed by atoms with Gasteiger partial charge in [-0.1, -0.05) is 20.8 Å². The molecule has 4 heteroatoms. The normalized spacial score (nSPS) is 23.9. The molecule has 0 aromatic heterocycles. The first kappa shape index (κ1) is 16.0. The topological polar surface area (TPSA) is 66.4 Å². The number of carbonyl (C=O) groups excluding carboxylic acids is 1. The number of amides is 1. The van der Waals surface area contributed by atoms with Gasteiger partial charge >= 0.3 is 5.97 Å². The molecule has 1 aliphatic carbocycles. The van der Waals surface area contributed by atoms with Crippen LogP contribution in [-0.2, 0) is 9.59 Å². The molecule has 0 aliphatic heterocycles. The standard InChI is InChI=1S/C15H27NO3/c1-4-15(5-2,14(18)19)10-13(17)16-12-8-6-11(3)7-9-12/h11-12H,4-10H2,1-3H3,(H,16,17)(H,18,19). The Morgan fingerprint density at radius 2 is 1.68 bits per heavy atom. The number of carboxylic acid groups (broad SMARTS) is 1. The smallest absolute Gasteiger partial charge is 0.310 e. The van der Waals surface area contributed by atoms with Crippen molar-refractivity contribution in [2.75, 3.05) is 0 Å². The molecule has 1 rings (SSSR count).